The smallest absolute Gasteiger partial charge is 0.0623 e. The van der Waals surface area contributed by atoms with Crippen LogP contribution in [0.4, 0.5) is 0 Å². The molecule has 0 spiro atoms. The highest BCUT2D eigenvalue weighted by atomic mass is 35.5. The maximum absolute atomic E-state index is 9.64. The summed E-state index contributed by atoms with van der Waals surface area (Å²) in [6.45, 7) is 6.67. The average molecular weight is 410 g/mol. The van der Waals surface area contributed by atoms with Crippen molar-refractivity contribution < 1.29 is 9.84 Å². The van der Waals surface area contributed by atoms with E-state index >= 15 is 0 Å². The van der Waals surface area contributed by atoms with Crippen molar-refractivity contribution in [2.45, 2.75) is 63.4 Å². The summed E-state index contributed by atoms with van der Waals surface area (Å²) in [5, 5.41) is 17.1. The Labute approximate surface area is 175 Å². The van der Waals surface area contributed by atoms with Gasteiger partial charge in [-0.05, 0) is 42.7 Å². The lowest BCUT2D eigenvalue weighted by molar-refractivity contribution is 0.0524. The third-order valence-electron chi connectivity index (χ3n) is 6.59. The molecule has 3 unspecified atom stereocenters. The van der Waals surface area contributed by atoms with Gasteiger partial charge in [-0.15, -0.1) is 12.4 Å². The maximum atomic E-state index is 9.64. The van der Waals surface area contributed by atoms with Crippen LogP contribution in [0.25, 0.3) is 0 Å². The van der Waals surface area contributed by atoms with E-state index in [4.69, 9.17) is 4.74 Å². The fraction of sp³-hybridized carbons (Fsp3) is 0.727. The standard InChI is InChI=1S/C22H35N3O2.ClH/c26-19-8-11-25(12-9-19)15-18-6-4-17(5-7-18)14-24-21-3-1-2-20(21)22-16-27-13-10-23-22;/h4-7,19-24,26H,1-3,8-16H2;1H. The number of morpholine rings is 1. The van der Waals surface area contributed by atoms with Gasteiger partial charge in [0.15, 0.2) is 0 Å². The summed E-state index contributed by atoms with van der Waals surface area (Å²) < 4.78 is 5.68. The minimum atomic E-state index is -0.0931. The summed E-state index contributed by atoms with van der Waals surface area (Å²) in [5.41, 5.74) is 2.74. The number of nitrogens with zero attached hydrogens (tertiary/aromatic N) is 1. The SMILES string of the molecule is Cl.OC1CCN(Cc2ccc(CNC3CCCC3C3COCCN3)cc2)CC1. The van der Waals surface area contributed by atoms with Gasteiger partial charge in [0.2, 0.25) is 0 Å². The van der Waals surface area contributed by atoms with Crippen LogP contribution in [0.15, 0.2) is 24.3 Å². The van der Waals surface area contributed by atoms with Crippen LogP contribution in [0.5, 0.6) is 0 Å². The zero-order valence-electron chi connectivity index (χ0n) is 16.8. The molecule has 0 amide bonds. The van der Waals surface area contributed by atoms with E-state index in [1.807, 2.05) is 0 Å². The van der Waals surface area contributed by atoms with Gasteiger partial charge in [-0.25, -0.2) is 0 Å². The number of hydrogen-bond acceptors (Lipinski definition) is 5. The first kappa shape index (κ1) is 22.0. The molecule has 5 nitrogen and oxygen atoms in total. The molecule has 2 heterocycles. The molecule has 2 aliphatic heterocycles. The molecule has 0 bridgehead atoms. The summed E-state index contributed by atoms with van der Waals surface area (Å²) in [6.07, 6.45) is 5.63. The first-order chi connectivity index (χ1) is 13.3. The molecule has 0 aromatic heterocycles. The van der Waals surface area contributed by atoms with Crippen molar-refractivity contribution in [1.29, 1.82) is 0 Å². The molecule has 6 heteroatoms. The first-order valence-electron chi connectivity index (χ1n) is 10.8. The molecular formula is C22H36ClN3O2. The minimum Gasteiger partial charge on any atom is -0.393 e. The van der Waals surface area contributed by atoms with Crippen LogP contribution in [0.3, 0.4) is 0 Å². The zero-order chi connectivity index (χ0) is 18.5. The Morgan fingerprint density at radius 3 is 2.54 bits per heavy atom. The Kier molecular flexibility index (Phi) is 8.57. The van der Waals surface area contributed by atoms with Crippen molar-refractivity contribution in [3.63, 3.8) is 0 Å². The molecule has 1 aliphatic carbocycles. The van der Waals surface area contributed by atoms with Crippen LogP contribution in [0.2, 0.25) is 0 Å². The molecule has 158 valence electrons. The Morgan fingerprint density at radius 1 is 1.07 bits per heavy atom. The number of hydrogen-bond donors (Lipinski definition) is 3. The van der Waals surface area contributed by atoms with Crippen LogP contribution in [-0.4, -0.2) is 61.0 Å². The highest BCUT2D eigenvalue weighted by Gasteiger charge is 2.34. The van der Waals surface area contributed by atoms with Crippen molar-refractivity contribution in [3.8, 4) is 0 Å². The number of likely N-dealkylation sites (tertiary alicyclic amines) is 1. The number of nitrogens with one attached hydrogen (secondary N) is 2. The van der Waals surface area contributed by atoms with Gasteiger partial charge in [-0.3, -0.25) is 4.90 Å². The minimum absolute atomic E-state index is 0. The summed E-state index contributed by atoms with van der Waals surface area (Å²) in [5.74, 6) is 0.694. The molecule has 1 aromatic rings. The molecule has 0 radical (unpaired) electrons. The fourth-order valence-electron chi connectivity index (χ4n) is 4.93. The Morgan fingerprint density at radius 2 is 1.82 bits per heavy atom. The van der Waals surface area contributed by atoms with E-state index in [1.54, 1.807) is 0 Å². The highest BCUT2D eigenvalue weighted by Crippen LogP contribution is 2.29. The molecule has 3 fully saturated rings. The van der Waals surface area contributed by atoms with E-state index in [0.717, 1.165) is 58.8 Å². The van der Waals surface area contributed by atoms with Gasteiger partial charge in [0.1, 0.15) is 0 Å². The second-order valence-electron chi connectivity index (χ2n) is 8.54. The summed E-state index contributed by atoms with van der Waals surface area (Å²) in [4.78, 5) is 2.45. The number of rotatable bonds is 6. The summed E-state index contributed by atoms with van der Waals surface area (Å²) in [6, 6.07) is 10.2. The van der Waals surface area contributed by atoms with Gasteiger partial charge in [0.25, 0.3) is 0 Å². The molecule has 1 saturated carbocycles. The topological polar surface area (TPSA) is 56.8 Å². The van der Waals surface area contributed by atoms with E-state index in [9.17, 15) is 5.11 Å². The van der Waals surface area contributed by atoms with Crippen molar-refractivity contribution in [1.82, 2.24) is 15.5 Å². The third kappa shape index (κ3) is 5.91. The van der Waals surface area contributed by atoms with Crippen molar-refractivity contribution >= 4 is 12.4 Å². The molecular weight excluding hydrogens is 374 g/mol. The van der Waals surface area contributed by atoms with Crippen LogP contribution < -0.4 is 10.6 Å². The number of aliphatic hydroxyl groups excluding tert-OH is 1. The van der Waals surface area contributed by atoms with Crippen LogP contribution in [0, 0.1) is 5.92 Å². The van der Waals surface area contributed by atoms with Gasteiger partial charge in [0, 0.05) is 44.8 Å². The summed E-state index contributed by atoms with van der Waals surface area (Å²) >= 11 is 0. The molecule has 2 saturated heterocycles. The van der Waals surface area contributed by atoms with Crippen LogP contribution >= 0.6 is 12.4 Å². The summed E-state index contributed by atoms with van der Waals surface area (Å²) in [7, 11) is 0. The quantitative estimate of drug-likeness (QED) is 0.673. The van der Waals surface area contributed by atoms with E-state index in [2.05, 4.69) is 39.8 Å². The van der Waals surface area contributed by atoms with Gasteiger partial charge < -0.3 is 20.5 Å². The Bertz CT molecular complexity index is 572. The van der Waals surface area contributed by atoms with Crippen molar-refractivity contribution in [2.75, 3.05) is 32.8 Å². The average Bonchev–Trinajstić information content (AvgIpc) is 3.19. The fourth-order valence-corrected chi connectivity index (χ4v) is 4.93. The van der Waals surface area contributed by atoms with Gasteiger partial charge >= 0.3 is 0 Å². The number of aliphatic hydroxyl groups is 1. The maximum Gasteiger partial charge on any atom is 0.0623 e. The predicted molar refractivity (Wildman–Crippen MR) is 115 cm³/mol. The van der Waals surface area contributed by atoms with E-state index in [0.29, 0.717) is 18.0 Å². The Balaban J connectivity index is 0.00000225. The zero-order valence-corrected chi connectivity index (χ0v) is 17.6. The normalized spacial score (nSPS) is 29.5. The van der Waals surface area contributed by atoms with Gasteiger partial charge in [-0.2, -0.15) is 0 Å². The Hall–Kier alpha value is -0.690. The molecule has 3 atom stereocenters. The lowest BCUT2D eigenvalue weighted by Crippen LogP contribution is -2.50. The van der Waals surface area contributed by atoms with Gasteiger partial charge in [0.05, 0.1) is 19.3 Å². The van der Waals surface area contributed by atoms with Gasteiger partial charge in [-0.1, -0.05) is 30.7 Å². The molecule has 3 N–H and O–H groups in total. The monoisotopic (exact) mass is 409 g/mol. The van der Waals surface area contributed by atoms with E-state index in [-0.39, 0.29) is 18.5 Å². The lowest BCUT2D eigenvalue weighted by Gasteiger charge is -2.33. The number of ether oxygens (including phenoxy) is 1. The first-order valence-corrected chi connectivity index (χ1v) is 10.8. The number of benzene rings is 1. The molecule has 3 aliphatic rings. The molecule has 4 rings (SSSR count). The second kappa shape index (κ2) is 10.9. The van der Waals surface area contributed by atoms with Crippen LogP contribution in [-0.2, 0) is 17.8 Å². The van der Waals surface area contributed by atoms with E-state index in [1.165, 1.54) is 30.4 Å². The largest absolute Gasteiger partial charge is 0.393 e. The second-order valence-corrected chi connectivity index (χ2v) is 8.54. The van der Waals surface area contributed by atoms with Crippen molar-refractivity contribution in [2.24, 2.45) is 5.92 Å². The van der Waals surface area contributed by atoms with E-state index < -0.39 is 0 Å². The molecule has 28 heavy (non-hydrogen) atoms. The van der Waals surface area contributed by atoms with Crippen LogP contribution in [0.1, 0.15) is 43.2 Å². The number of piperidine rings is 1. The highest BCUT2D eigenvalue weighted by molar-refractivity contribution is 5.85. The van der Waals surface area contributed by atoms with Crippen molar-refractivity contribution in [3.05, 3.63) is 35.4 Å². The lowest BCUT2D eigenvalue weighted by atomic mass is 9.94. The number of halogens is 1. The molecule has 1 aromatic carbocycles. The third-order valence-corrected chi connectivity index (χ3v) is 6.59. The predicted octanol–water partition coefficient (Wildman–Crippen LogP) is 2.31.